The SMILES string of the molecule is CCC(C)C1CNC(C)(CC)CN1CCOC(F)(F)F. The van der Waals surface area contributed by atoms with Crippen molar-refractivity contribution in [2.45, 2.75) is 58.5 Å². The van der Waals surface area contributed by atoms with Crippen LogP contribution in [0.3, 0.4) is 0 Å². The number of ether oxygens (including phenoxy) is 1. The van der Waals surface area contributed by atoms with Gasteiger partial charge in [-0.05, 0) is 19.3 Å². The Hall–Kier alpha value is -0.330. The first-order valence-corrected chi connectivity index (χ1v) is 7.40. The van der Waals surface area contributed by atoms with Crippen molar-refractivity contribution in [3.63, 3.8) is 0 Å². The van der Waals surface area contributed by atoms with E-state index in [2.05, 4.69) is 42.6 Å². The summed E-state index contributed by atoms with van der Waals surface area (Å²) in [6.45, 7) is 10.1. The standard InChI is InChI=1S/C14H27F3N2O/c1-5-11(3)12-9-18-13(4,6-2)10-19(12)7-8-20-14(15,16)17/h11-12,18H,5-10H2,1-4H3. The number of piperazine rings is 1. The van der Waals surface area contributed by atoms with Crippen molar-refractivity contribution < 1.29 is 17.9 Å². The second-order valence-corrected chi connectivity index (χ2v) is 6.01. The molecule has 20 heavy (non-hydrogen) atoms. The lowest BCUT2D eigenvalue weighted by Crippen LogP contribution is -2.64. The van der Waals surface area contributed by atoms with Crippen LogP contribution < -0.4 is 5.32 Å². The largest absolute Gasteiger partial charge is 0.522 e. The molecule has 0 radical (unpaired) electrons. The lowest BCUT2D eigenvalue weighted by molar-refractivity contribution is -0.325. The van der Waals surface area contributed by atoms with Crippen molar-refractivity contribution in [3.05, 3.63) is 0 Å². The summed E-state index contributed by atoms with van der Waals surface area (Å²) < 4.78 is 40.2. The predicted octanol–water partition coefficient (Wildman–Crippen LogP) is 3.01. The Bertz CT molecular complexity index is 299. The van der Waals surface area contributed by atoms with E-state index in [4.69, 9.17) is 0 Å². The van der Waals surface area contributed by atoms with Crippen molar-refractivity contribution in [2.75, 3.05) is 26.2 Å². The molecule has 3 atom stereocenters. The number of nitrogens with one attached hydrogen (secondary N) is 1. The minimum atomic E-state index is -4.53. The first-order valence-electron chi connectivity index (χ1n) is 7.40. The third-order valence-electron chi connectivity index (χ3n) is 4.48. The van der Waals surface area contributed by atoms with Crippen LogP contribution >= 0.6 is 0 Å². The van der Waals surface area contributed by atoms with Crippen molar-refractivity contribution in [3.8, 4) is 0 Å². The predicted molar refractivity (Wildman–Crippen MR) is 73.5 cm³/mol. The third kappa shape index (κ3) is 5.22. The van der Waals surface area contributed by atoms with Gasteiger partial charge in [-0.1, -0.05) is 27.2 Å². The number of hydrogen-bond acceptors (Lipinski definition) is 3. The van der Waals surface area contributed by atoms with Gasteiger partial charge in [0.1, 0.15) is 0 Å². The van der Waals surface area contributed by atoms with Crippen molar-refractivity contribution >= 4 is 0 Å². The van der Waals surface area contributed by atoms with Crippen molar-refractivity contribution in [1.29, 1.82) is 0 Å². The van der Waals surface area contributed by atoms with Crippen LogP contribution in [0.1, 0.15) is 40.5 Å². The fourth-order valence-corrected chi connectivity index (χ4v) is 2.69. The van der Waals surface area contributed by atoms with Gasteiger partial charge in [-0.3, -0.25) is 9.64 Å². The van der Waals surface area contributed by atoms with E-state index >= 15 is 0 Å². The second kappa shape index (κ2) is 7.09. The Morgan fingerprint density at radius 3 is 2.55 bits per heavy atom. The van der Waals surface area contributed by atoms with Gasteiger partial charge >= 0.3 is 6.36 Å². The van der Waals surface area contributed by atoms with E-state index in [1.807, 2.05) is 0 Å². The normalized spacial score (nSPS) is 30.4. The molecule has 1 fully saturated rings. The van der Waals surface area contributed by atoms with E-state index in [-0.39, 0.29) is 18.2 Å². The number of rotatable bonds is 6. The monoisotopic (exact) mass is 296 g/mol. The second-order valence-electron chi connectivity index (χ2n) is 6.01. The van der Waals surface area contributed by atoms with Crippen LogP contribution in [0, 0.1) is 5.92 Å². The smallest absolute Gasteiger partial charge is 0.309 e. The minimum absolute atomic E-state index is 0.0256. The minimum Gasteiger partial charge on any atom is -0.309 e. The zero-order chi connectivity index (χ0) is 15.4. The molecule has 0 bridgehead atoms. The molecule has 0 spiro atoms. The highest BCUT2D eigenvalue weighted by Crippen LogP contribution is 2.24. The maximum absolute atomic E-state index is 12.1. The Kier molecular flexibility index (Phi) is 6.28. The molecule has 1 aliphatic heterocycles. The number of hydrogen-bond donors (Lipinski definition) is 1. The molecule has 0 amide bonds. The molecule has 0 aromatic carbocycles. The quantitative estimate of drug-likeness (QED) is 0.815. The summed E-state index contributed by atoms with van der Waals surface area (Å²) in [5.41, 5.74) is -0.0256. The van der Waals surface area contributed by atoms with Crippen LogP contribution in [-0.4, -0.2) is 49.1 Å². The van der Waals surface area contributed by atoms with Gasteiger partial charge in [-0.2, -0.15) is 0 Å². The molecular weight excluding hydrogens is 269 g/mol. The molecule has 1 saturated heterocycles. The van der Waals surface area contributed by atoms with Crippen LogP contribution in [0.5, 0.6) is 0 Å². The average Bonchev–Trinajstić information content (AvgIpc) is 2.37. The number of alkyl halides is 3. The molecule has 0 aromatic rings. The highest BCUT2D eigenvalue weighted by molar-refractivity contribution is 4.95. The fourth-order valence-electron chi connectivity index (χ4n) is 2.69. The summed E-state index contributed by atoms with van der Waals surface area (Å²) in [6, 6.07) is 0.274. The maximum Gasteiger partial charge on any atom is 0.522 e. The van der Waals surface area contributed by atoms with Gasteiger partial charge in [0.15, 0.2) is 0 Å². The molecule has 0 aliphatic carbocycles. The summed E-state index contributed by atoms with van der Waals surface area (Å²) in [7, 11) is 0. The third-order valence-corrected chi connectivity index (χ3v) is 4.48. The molecule has 3 nitrogen and oxygen atoms in total. The molecule has 1 rings (SSSR count). The van der Waals surface area contributed by atoms with Crippen LogP contribution in [0.2, 0.25) is 0 Å². The molecule has 3 unspecified atom stereocenters. The summed E-state index contributed by atoms with van der Waals surface area (Å²) in [5.74, 6) is 0.454. The molecule has 6 heteroatoms. The van der Waals surface area contributed by atoms with E-state index in [0.717, 1.165) is 25.9 Å². The van der Waals surface area contributed by atoms with Gasteiger partial charge in [-0.15, -0.1) is 13.2 Å². The first kappa shape index (κ1) is 17.7. The number of halogens is 3. The zero-order valence-corrected chi connectivity index (χ0v) is 12.9. The van der Waals surface area contributed by atoms with Crippen LogP contribution in [0.25, 0.3) is 0 Å². The highest BCUT2D eigenvalue weighted by atomic mass is 19.4. The van der Waals surface area contributed by atoms with Crippen molar-refractivity contribution in [2.24, 2.45) is 5.92 Å². The van der Waals surface area contributed by atoms with Crippen molar-refractivity contribution in [1.82, 2.24) is 10.2 Å². The Labute approximate surface area is 119 Å². The zero-order valence-electron chi connectivity index (χ0n) is 12.9. The van der Waals surface area contributed by atoms with Gasteiger partial charge in [0.2, 0.25) is 0 Å². The van der Waals surface area contributed by atoms with Gasteiger partial charge in [0.05, 0.1) is 6.61 Å². The summed E-state index contributed by atoms with van der Waals surface area (Å²) in [6.07, 6.45) is -2.56. The van der Waals surface area contributed by atoms with E-state index in [1.54, 1.807) is 0 Å². The average molecular weight is 296 g/mol. The lowest BCUT2D eigenvalue weighted by Gasteiger charge is -2.48. The molecule has 0 saturated carbocycles. The number of nitrogens with zero attached hydrogens (tertiary/aromatic N) is 1. The molecule has 120 valence electrons. The van der Waals surface area contributed by atoms with Crippen LogP contribution in [0.15, 0.2) is 0 Å². The summed E-state index contributed by atoms with van der Waals surface area (Å²) in [5, 5.41) is 3.54. The van der Waals surface area contributed by atoms with E-state index in [1.165, 1.54) is 0 Å². The summed E-state index contributed by atoms with van der Waals surface area (Å²) >= 11 is 0. The van der Waals surface area contributed by atoms with Gasteiger partial charge < -0.3 is 5.32 Å². The molecule has 1 heterocycles. The van der Waals surface area contributed by atoms with Gasteiger partial charge in [-0.25, -0.2) is 0 Å². The topological polar surface area (TPSA) is 24.5 Å². The first-order chi connectivity index (χ1) is 9.21. The highest BCUT2D eigenvalue weighted by Gasteiger charge is 2.37. The molecule has 1 N–H and O–H groups in total. The van der Waals surface area contributed by atoms with Gasteiger partial charge in [0, 0.05) is 31.2 Å². The Morgan fingerprint density at radius 2 is 2.05 bits per heavy atom. The summed E-state index contributed by atoms with van der Waals surface area (Å²) in [4.78, 5) is 2.15. The fraction of sp³-hybridized carbons (Fsp3) is 1.00. The molecule has 0 aromatic heterocycles. The van der Waals surface area contributed by atoms with E-state index in [0.29, 0.717) is 12.5 Å². The molecular formula is C14H27F3N2O. The van der Waals surface area contributed by atoms with E-state index < -0.39 is 6.36 Å². The maximum atomic E-state index is 12.1. The Balaban J connectivity index is 2.62. The molecule has 1 aliphatic rings. The van der Waals surface area contributed by atoms with E-state index in [9.17, 15) is 13.2 Å². The van der Waals surface area contributed by atoms with Crippen LogP contribution in [-0.2, 0) is 4.74 Å². The van der Waals surface area contributed by atoms with Crippen LogP contribution in [0.4, 0.5) is 13.2 Å². The Morgan fingerprint density at radius 1 is 1.40 bits per heavy atom. The lowest BCUT2D eigenvalue weighted by atomic mass is 9.88. The van der Waals surface area contributed by atoms with Gasteiger partial charge in [0.25, 0.3) is 0 Å².